The minimum Gasteiger partial charge on any atom is -0.363 e. The first-order valence-corrected chi connectivity index (χ1v) is 3.67. The molecule has 0 atom stereocenters. The first-order chi connectivity index (χ1) is 6.18. The Hall–Kier alpha value is -1.46. The van der Waals surface area contributed by atoms with Crippen LogP contribution < -0.4 is 5.32 Å². The maximum Gasteiger partial charge on any atom is 0.239 e. The van der Waals surface area contributed by atoms with Gasteiger partial charge in [0.05, 0.1) is 0 Å². The van der Waals surface area contributed by atoms with Crippen LogP contribution in [-0.2, 0) is 4.79 Å². The minimum atomic E-state index is -2.46. The molecular weight excluding hydrogens is 182 g/mol. The molecule has 1 aromatic heterocycles. The third kappa shape index (κ3) is 3.64. The molecule has 6 heteroatoms. The van der Waals surface area contributed by atoms with Crippen LogP contribution in [0.1, 0.15) is 12.8 Å². The zero-order valence-electron chi connectivity index (χ0n) is 6.67. The third-order valence-corrected chi connectivity index (χ3v) is 1.29. The van der Waals surface area contributed by atoms with Crippen LogP contribution in [0.2, 0.25) is 0 Å². The van der Waals surface area contributed by atoms with Crippen LogP contribution in [0.15, 0.2) is 16.9 Å². The molecule has 0 spiro atoms. The average molecular weight is 190 g/mol. The number of anilines is 1. The Kier molecular flexibility index (Phi) is 3.36. The van der Waals surface area contributed by atoms with Gasteiger partial charge in [-0.3, -0.25) is 4.79 Å². The number of halogens is 2. The molecule has 0 aliphatic carbocycles. The molecule has 0 saturated heterocycles. The summed E-state index contributed by atoms with van der Waals surface area (Å²) in [6.45, 7) is 0. The molecule has 1 rings (SSSR count). The van der Waals surface area contributed by atoms with Gasteiger partial charge in [-0.05, 0) is 0 Å². The Morgan fingerprint density at radius 3 is 3.00 bits per heavy atom. The molecule has 1 N–H and O–H groups in total. The fraction of sp³-hybridized carbons (Fsp3) is 0.429. The number of aromatic nitrogens is 1. The summed E-state index contributed by atoms with van der Waals surface area (Å²) >= 11 is 0. The van der Waals surface area contributed by atoms with E-state index in [1.165, 1.54) is 12.3 Å². The van der Waals surface area contributed by atoms with E-state index in [-0.39, 0.29) is 12.2 Å². The SMILES string of the molecule is O=C(CCC(F)F)Nc1ccon1. The van der Waals surface area contributed by atoms with Crippen LogP contribution in [0.5, 0.6) is 0 Å². The first kappa shape index (κ1) is 9.63. The highest BCUT2D eigenvalue weighted by atomic mass is 19.3. The predicted molar refractivity (Wildman–Crippen MR) is 40.4 cm³/mol. The molecule has 4 nitrogen and oxygen atoms in total. The van der Waals surface area contributed by atoms with E-state index in [1.807, 2.05) is 0 Å². The summed E-state index contributed by atoms with van der Waals surface area (Å²) in [5, 5.41) is 5.69. The number of nitrogens with one attached hydrogen (secondary N) is 1. The molecule has 0 fully saturated rings. The number of amides is 1. The lowest BCUT2D eigenvalue weighted by atomic mass is 10.3. The third-order valence-electron chi connectivity index (χ3n) is 1.29. The van der Waals surface area contributed by atoms with Crippen LogP contribution in [0, 0.1) is 0 Å². The largest absolute Gasteiger partial charge is 0.363 e. The zero-order valence-corrected chi connectivity index (χ0v) is 6.67. The van der Waals surface area contributed by atoms with E-state index in [0.717, 1.165) is 0 Å². The Bertz CT molecular complexity index is 261. The van der Waals surface area contributed by atoms with E-state index in [4.69, 9.17) is 0 Å². The lowest BCUT2D eigenvalue weighted by molar-refractivity contribution is -0.116. The van der Waals surface area contributed by atoms with E-state index in [1.54, 1.807) is 0 Å². The monoisotopic (exact) mass is 190 g/mol. The van der Waals surface area contributed by atoms with Crippen LogP contribution in [0.3, 0.4) is 0 Å². The van der Waals surface area contributed by atoms with Gasteiger partial charge < -0.3 is 9.84 Å². The van der Waals surface area contributed by atoms with Crippen LogP contribution in [-0.4, -0.2) is 17.5 Å². The van der Waals surface area contributed by atoms with Gasteiger partial charge in [-0.2, -0.15) is 0 Å². The average Bonchev–Trinajstić information content (AvgIpc) is 2.53. The number of carbonyl (C=O) groups excluding carboxylic acids is 1. The van der Waals surface area contributed by atoms with Crippen LogP contribution >= 0.6 is 0 Å². The van der Waals surface area contributed by atoms with Crippen molar-refractivity contribution in [2.75, 3.05) is 5.32 Å². The number of alkyl halides is 2. The van der Waals surface area contributed by atoms with Gasteiger partial charge >= 0.3 is 0 Å². The highest BCUT2D eigenvalue weighted by molar-refractivity contribution is 5.89. The van der Waals surface area contributed by atoms with Crippen molar-refractivity contribution < 1.29 is 18.1 Å². The number of hydrogen-bond acceptors (Lipinski definition) is 3. The van der Waals surface area contributed by atoms with Gasteiger partial charge in [-0.25, -0.2) is 8.78 Å². The van der Waals surface area contributed by atoms with Gasteiger partial charge in [-0.15, -0.1) is 0 Å². The number of rotatable bonds is 4. The maximum absolute atomic E-state index is 11.7. The van der Waals surface area contributed by atoms with Crippen LogP contribution in [0.4, 0.5) is 14.6 Å². The normalized spacial score (nSPS) is 10.4. The summed E-state index contributed by atoms with van der Waals surface area (Å²) in [6, 6.07) is 1.43. The predicted octanol–water partition coefficient (Wildman–Crippen LogP) is 1.66. The Morgan fingerprint density at radius 2 is 2.46 bits per heavy atom. The lowest BCUT2D eigenvalue weighted by Crippen LogP contribution is -2.12. The van der Waals surface area contributed by atoms with Crippen molar-refractivity contribution in [2.45, 2.75) is 19.3 Å². The molecule has 13 heavy (non-hydrogen) atoms. The summed E-state index contributed by atoms with van der Waals surface area (Å²) < 4.78 is 27.7. The fourth-order valence-corrected chi connectivity index (χ4v) is 0.723. The van der Waals surface area contributed by atoms with E-state index >= 15 is 0 Å². The van der Waals surface area contributed by atoms with Crippen molar-refractivity contribution in [2.24, 2.45) is 0 Å². The van der Waals surface area contributed by atoms with E-state index < -0.39 is 18.8 Å². The molecule has 0 aromatic carbocycles. The molecule has 0 saturated carbocycles. The second-order valence-electron chi connectivity index (χ2n) is 2.36. The lowest BCUT2D eigenvalue weighted by Gasteiger charge is -1.99. The molecule has 0 aliphatic rings. The topological polar surface area (TPSA) is 55.1 Å². The van der Waals surface area contributed by atoms with Gasteiger partial charge in [0.15, 0.2) is 5.82 Å². The molecular formula is C7H8F2N2O2. The van der Waals surface area contributed by atoms with Crippen molar-refractivity contribution in [3.63, 3.8) is 0 Å². The molecule has 1 aromatic rings. The summed E-state index contributed by atoms with van der Waals surface area (Å²) in [5.41, 5.74) is 0. The van der Waals surface area contributed by atoms with Crippen molar-refractivity contribution in [1.82, 2.24) is 5.16 Å². The highest BCUT2D eigenvalue weighted by Crippen LogP contribution is 2.06. The second kappa shape index (κ2) is 4.54. The highest BCUT2D eigenvalue weighted by Gasteiger charge is 2.08. The van der Waals surface area contributed by atoms with Crippen LogP contribution in [0.25, 0.3) is 0 Å². The van der Waals surface area contributed by atoms with Crippen molar-refractivity contribution in [3.05, 3.63) is 12.3 Å². The Labute approximate surface area is 72.9 Å². The summed E-state index contributed by atoms with van der Waals surface area (Å²) in [7, 11) is 0. The molecule has 0 aliphatic heterocycles. The minimum absolute atomic E-state index is 0.218. The maximum atomic E-state index is 11.7. The molecule has 0 bridgehead atoms. The summed E-state index contributed by atoms with van der Waals surface area (Å²) in [4.78, 5) is 10.9. The van der Waals surface area contributed by atoms with Gasteiger partial charge in [-0.1, -0.05) is 5.16 Å². The van der Waals surface area contributed by atoms with Gasteiger partial charge in [0.25, 0.3) is 0 Å². The van der Waals surface area contributed by atoms with Crippen molar-refractivity contribution in [1.29, 1.82) is 0 Å². The quantitative estimate of drug-likeness (QED) is 0.785. The van der Waals surface area contributed by atoms with E-state index in [2.05, 4.69) is 15.0 Å². The van der Waals surface area contributed by atoms with E-state index in [0.29, 0.717) is 0 Å². The number of hydrogen-bond donors (Lipinski definition) is 1. The zero-order chi connectivity index (χ0) is 9.68. The Balaban J connectivity index is 2.26. The smallest absolute Gasteiger partial charge is 0.239 e. The summed E-state index contributed by atoms with van der Waals surface area (Å²) in [6.07, 6.45) is -1.83. The standard InChI is InChI=1S/C7H8F2N2O2/c8-5(9)1-2-7(12)10-6-3-4-13-11-6/h3-5H,1-2H2,(H,10,11,12). The number of carbonyl (C=O) groups is 1. The van der Waals surface area contributed by atoms with Gasteiger partial charge in [0.2, 0.25) is 12.3 Å². The number of nitrogens with zero attached hydrogens (tertiary/aromatic N) is 1. The Morgan fingerprint density at radius 1 is 1.69 bits per heavy atom. The van der Waals surface area contributed by atoms with Gasteiger partial charge in [0.1, 0.15) is 6.26 Å². The first-order valence-electron chi connectivity index (χ1n) is 3.67. The molecule has 1 amide bonds. The summed E-state index contributed by atoms with van der Waals surface area (Å²) in [5.74, 6) is -0.256. The molecule has 1 heterocycles. The molecule has 0 unspecified atom stereocenters. The van der Waals surface area contributed by atoms with Crippen molar-refractivity contribution >= 4 is 11.7 Å². The second-order valence-corrected chi connectivity index (χ2v) is 2.36. The molecule has 72 valence electrons. The molecule has 0 radical (unpaired) electrons. The van der Waals surface area contributed by atoms with E-state index in [9.17, 15) is 13.6 Å². The van der Waals surface area contributed by atoms with Crippen molar-refractivity contribution in [3.8, 4) is 0 Å². The van der Waals surface area contributed by atoms with Gasteiger partial charge in [0, 0.05) is 18.9 Å². The fourth-order valence-electron chi connectivity index (χ4n) is 0.723.